The molecule has 0 spiro atoms. The van der Waals surface area contributed by atoms with Crippen LogP contribution in [0.5, 0.6) is 11.5 Å². The first-order valence-electron chi connectivity index (χ1n) is 11.0. The van der Waals surface area contributed by atoms with E-state index in [1.807, 2.05) is 24.3 Å². The van der Waals surface area contributed by atoms with E-state index in [0.717, 1.165) is 4.70 Å². The van der Waals surface area contributed by atoms with Gasteiger partial charge in [0.25, 0.3) is 0 Å². The highest BCUT2D eigenvalue weighted by Crippen LogP contribution is 2.33. The summed E-state index contributed by atoms with van der Waals surface area (Å²) in [6.45, 7) is 1.75. The fraction of sp³-hybridized carbons (Fsp3) is 0.111. The van der Waals surface area contributed by atoms with Crippen molar-refractivity contribution in [3.63, 3.8) is 0 Å². The molecule has 0 N–H and O–H groups in total. The number of methoxy groups -OCH3 is 1. The summed E-state index contributed by atoms with van der Waals surface area (Å²) in [6.07, 6.45) is 0. The van der Waals surface area contributed by atoms with Gasteiger partial charge in [0.2, 0.25) is 11.2 Å². The smallest absolute Gasteiger partial charge is 0.375 e. The van der Waals surface area contributed by atoms with Gasteiger partial charge in [-0.15, -0.1) is 11.3 Å². The molecule has 0 bridgehead atoms. The maximum Gasteiger partial charge on any atom is 0.375 e. The Labute approximate surface area is 208 Å². The van der Waals surface area contributed by atoms with Crippen molar-refractivity contribution >= 4 is 44.5 Å². The van der Waals surface area contributed by atoms with Gasteiger partial charge in [-0.1, -0.05) is 18.2 Å². The zero-order valence-corrected chi connectivity index (χ0v) is 20.1. The molecule has 36 heavy (non-hydrogen) atoms. The molecule has 0 aliphatic rings. The highest BCUT2D eigenvalue weighted by Gasteiger charge is 2.26. The van der Waals surface area contributed by atoms with Gasteiger partial charge in [0.15, 0.2) is 0 Å². The molecule has 0 aliphatic carbocycles. The molecule has 2 heterocycles. The zero-order valence-electron chi connectivity index (χ0n) is 19.3. The summed E-state index contributed by atoms with van der Waals surface area (Å²) in [4.78, 5) is 43.5. The third kappa shape index (κ3) is 4.32. The molecule has 0 fully saturated rings. The molecular weight excluding hydrogens is 482 g/mol. The maximum absolute atomic E-state index is 13.5. The van der Waals surface area contributed by atoms with Crippen LogP contribution in [0.15, 0.2) is 75.9 Å². The number of hydrogen-bond acceptors (Lipinski definition) is 9. The lowest BCUT2D eigenvalue weighted by atomic mass is 10.1. The van der Waals surface area contributed by atoms with Crippen LogP contribution in [-0.4, -0.2) is 30.6 Å². The highest BCUT2D eigenvalue weighted by atomic mass is 32.1. The van der Waals surface area contributed by atoms with Crippen LogP contribution >= 0.6 is 11.3 Å². The van der Waals surface area contributed by atoms with Crippen LogP contribution < -0.4 is 14.9 Å². The summed E-state index contributed by atoms with van der Waals surface area (Å²) < 4.78 is 22.5. The van der Waals surface area contributed by atoms with Gasteiger partial charge in [-0.2, -0.15) is 0 Å². The zero-order chi connectivity index (χ0) is 25.2. The van der Waals surface area contributed by atoms with Crippen molar-refractivity contribution in [1.82, 2.24) is 4.98 Å². The number of benzene rings is 3. The SMILES string of the molecule is CCOC(=O)c1oc2cc(OC(=O)c3cccc(OC)c3)ccc2c(=O)c1-c1nc2ccccc2s1. The van der Waals surface area contributed by atoms with E-state index in [0.29, 0.717) is 16.3 Å². The Hall–Kier alpha value is -4.50. The van der Waals surface area contributed by atoms with Crippen LogP contribution in [0.4, 0.5) is 0 Å². The summed E-state index contributed by atoms with van der Waals surface area (Å²) in [6, 6.07) is 18.3. The fourth-order valence-electron chi connectivity index (χ4n) is 3.67. The number of hydrogen-bond donors (Lipinski definition) is 0. The average molecular weight is 502 g/mol. The molecule has 180 valence electrons. The van der Waals surface area contributed by atoms with E-state index in [9.17, 15) is 14.4 Å². The monoisotopic (exact) mass is 501 g/mol. The number of para-hydroxylation sites is 1. The van der Waals surface area contributed by atoms with E-state index in [-0.39, 0.29) is 40.2 Å². The molecule has 5 aromatic rings. The Bertz CT molecular complexity index is 1650. The number of aromatic nitrogens is 1. The van der Waals surface area contributed by atoms with E-state index in [1.165, 1.54) is 36.6 Å². The molecule has 8 nitrogen and oxygen atoms in total. The standard InChI is InChI=1S/C27H19NO7S/c1-3-33-27(31)24-22(25-28-19-9-4-5-10-21(19)36-25)23(29)18-12-11-17(14-20(18)35-24)34-26(30)15-7-6-8-16(13-15)32-2/h4-14H,3H2,1-2H3. The predicted octanol–water partition coefficient (Wildman–Crippen LogP) is 5.47. The van der Waals surface area contributed by atoms with E-state index in [2.05, 4.69) is 4.98 Å². The summed E-state index contributed by atoms with van der Waals surface area (Å²) in [5.41, 5.74) is 0.650. The van der Waals surface area contributed by atoms with Crippen molar-refractivity contribution in [1.29, 1.82) is 0 Å². The van der Waals surface area contributed by atoms with Crippen LogP contribution in [0.25, 0.3) is 31.8 Å². The lowest BCUT2D eigenvalue weighted by molar-refractivity contribution is 0.0491. The molecule has 0 unspecified atom stereocenters. The quantitative estimate of drug-likeness (QED) is 0.223. The van der Waals surface area contributed by atoms with Crippen LogP contribution in [0.2, 0.25) is 0 Å². The molecule has 5 rings (SSSR count). The Morgan fingerprint density at radius 2 is 1.81 bits per heavy atom. The Morgan fingerprint density at radius 1 is 0.972 bits per heavy atom. The van der Waals surface area contributed by atoms with Gasteiger partial charge in [0.05, 0.1) is 34.9 Å². The first-order valence-corrected chi connectivity index (χ1v) is 11.8. The number of esters is 2. The number of fused-ring (bicyclic) bond motifs is 2. The third-order valence-electron chi connectivity index (χ3n) is 5.35. The normalized spacial score (nSPS) is 10.9. The van der Waals surface area contributed by atoms with Gasteiger partial charge in [-0.05, 0) is 49.4 Å². The summed E-state index contributed by atoms with van der Waals surface area (Å²) in [5.74, 6) is -1.02. The van der Waals surface area contributed by atoms with E-state index in [4.69, 9.17) is 18.6 Å². The van der Waals surface area contributed by atoms with E-state index < -0.39 is 17.4 Å². The van der Waals surface area contributed by atoms with Gasteiger partial charge >= 0.3 is 11.9 Å². The minimum absolute atomic E-state index is 0.0308. The van der Waals surface area contributed by atoms with Gasteiger partial charge in [0.1, 0.15) is 27.7 Å². The number of ether oxygens (including phenoxy) is 3. The third-order valence-corrected chi connectivity index (χ3v) is 6.40. The van der Waals surface area contributed by atoms with Gasteiger partial charge < -0.3 is 18.6 Å². The van der Waals surface area contributed by atoms with Crippen LogP contribution in [0, 0.1) is 0 Å². The van der Waals surface area contributed by atoms with Crippen LogP contribution in [-0.2, 0) is 4.74 Å². The lowest BCUT2D eigenvalue weighted by Gasteiger charge is -2.09. The first kappa shape index (κ1) is 23.3. The van der Waals surface area contributed by atoms with Gasteiger partial charge in [0, 0.05) is 6.07 Å². The van der Waals surface area contributed by atoms with Crippen molar-refractivity contribution in [2.75, 3.05) is 13.7 Å². The second-order valence-electron chi connectivity index (χ2n) is 7.62. The summed E-state index contributed by atoms with van der Waals surface area (Å²) in [7, 11) is 1.50. The first-order chi connectivity index (χ1) is 17.5. The summed E-state index contributed by atoms with van der Waals surface area (Å²) in [5, 5.41) is 0.557. The molecule has 0 radical (unpaired) electrons. The molecule has 0 saturated heterocycles. The summed E-state index contributed by atoms with van der Waals surface area (Å²) >= 11 is 1.28. The Balaban J connectivity index is 1.60. The molecule has 3 aromatic carbocycles. The van der Waals surface area contributed by atoms with Crippen LogP contribution in [0.1, 0.15) is 27.8 Å². The van der Waals surface area contributed by atoms with E-state index >= 15 is 0 Å². The number of thiazole rings is 1. The number of nitrogens with zero attached hydrogens (tertiary/aromatic N) is 1. The minimum atomic E-state index is -0.787. The van der Waals surface area contributed by atoms with Crippen molar-refractivity contribution in [2.45, 2.75) is 6.92 Å². The van der Waals surface area contributed by atoms with Crippen molar-refractivity contribution < 1.29 is 28.2 Å². The predicted molar refractivity (Wildman–Crippen MR) is 135 cm³/mol. The molecule has 0 atom stereocenters. The molecular formula is C27H19NO7S. The second kappa shape index (κ2) is 9.63. The number of carbonyl (C=O) groups is 2. The Morgan fingerprint density at radius 3 is 2.58 bits per heavy atom. The molecule has 0 amide bonds. The lowest BCUT2D eigenvalue weighted by Crippen LogP contribution is -2.15. The minimum Gasteiger partial charge on any atom is -0.497 e. The maximum atomic E-state index is 13.5. The molecule has 2 aromatic heterocycles. The number of carbonyl (C=O) groups excluding carboxylic acids is 2. The fourth-order valence-corrected chi connectivity index (χ4v) is 4.67. The Kier molecular flexibility index (Phi) is 6.22. The van der Waals surface area contributed by atoms with E-state index in [1.54, 1.807) is 31.2 Å². The highest BCUT2D eigenvalue weighted by molar-refractivity contribution is 7.21. The number of rotatable bonds is 6. The van der Waals surface area contributed by atoms with Crippen molar-refractivity contribution in [2.24, 2.45) is 0 Å². The molecule has 0 saturated carbocycles. The van der Waals surface area contributed by atoms with Gasteiger partial charge in [-0.3, -0.25) is 4.79 Å². The average Bonchev–Trinajstić information content (AvgIpc) is 3.32. The van der Waals surface area contributed by atoms with Crippen molar-refractivity contribution in [3.05, 3.63) is 88.3 Å². The second-order valence-corrected chi connectivity index (χ2v) is 8.65. The van der Waals surface area contributed by atoms with Crippen molar-refractivity contribution in [3.8, 4) is 22.1 Å². The molecule has 0 aliphatic heterocycles. The largest absolute Gasteiger partial charge is 0.497 e. The van der Waals surface area contributed by atoms with Crippen LogP contribution in [0.3, 0.4) is 0 Å². The van der Waals surface area contributed by atoms with Gasteiger partial charge in [-0.25, -0.2) is 14.6 Å². The molecule has 9 heteroatoms. The topological polar surface area (TPSA) is 105 Å².